The van der Waals surface area contributed by atoms with Crippen LogP contribution in [0.25, 0.3) is 0 Å². The molecule has 0 amide bonds. The maximum atomic E-state index is 6.26. The summed E-state index contributed by atoms with van der Waals surface area (Å²) in [6.07, 6.45) is 0. The molecule has 0 spiro atoms. The quantitative estimate of drug-likeness (QED) is 0.797. The second-order valence-electron chi connectivity index (χ2n) is 4.27. The number of ether oxygens (including phenoxy) is 1. The fourth-order valence-electron chi connectivity index (χ4n) is 1.88. The average Bonchev–Trinajstić information content (AvgIpc) is 2.43. The van der Waals surface area contributed by atoms with Gasteiger partial charge in [-0.05, 0) is 58.2 Å². The van der Waals surface area contributed by atoms with E-state index in [2.05, 4.69) is 15.9 Å². The Labute approximate surface area is 137 Å². The lowest BCUT2D eigenvalue weighted by Crippen LogP contribution is -2.12. The second kappa shape index (κ2) is 6.81. The maximum Gasteiger partial charge on any atom is 0.133 e. The highest BCUT2D eigenvalue weighted by molar-refractivity contribution is 9.10. The number of benzene rings is 2. The Hall–Kier alpha value is -0.740. The number of rotatable bonds is 4. The second-order valence-corrected chi connectivity index (χ2v) is 5.94. The van der Waals surface area contributed by atoms with Gasteiger partial charge in [0.25, 0.3) is 0 Å². The van der Waals surface area contributed by atoms with Gasteiger partial charge in [-0.3, -0.25) is 0 Å². The molecule has 0 heterocycles. The molecule has 5 heteroatoms. The van der Waals surface area contributed by atoms with Crippen molar-refractivity contribution in [2.45, 2.75) is 13.0 Å². The topological polar surface area (TPSA) is 35.2 Å². The van der Waals surface area contributed by atoms with Crippen LogP contribution in [0.5, 0.6) is 5.75 Å². The summed E-state index contributed by atoms with van der Waals surface area (Å²) >= 11 is 15.4. The zero-order chi connectivity index (χ0) is 14.7. The van der Waals surface area contributed by atoms with Gasteiger partial charge in [0.15, 0.2) is 0 Å². The molecule has 2 N–H and O–H groups in total. The van der Waals surface area contributed by atoms with E-state index in [0.717, 1.165) is 21.3 Å². The van der Waals surface area contributed by atoms with Crippen molar-refractivity contribution < 1.29 is 4.74 Å². The largest absolute Gasteiger partial charge is 0.493 e. The molecule has 1 atom stereocenters. The van der Waals surface area contributed by atoms with Gasteiger partial charge < -0.3 is 10.5 Å². The zero-order valence-electron chi connectivity index (χ0n) is 10.9. The summed E-state index contributed by atoms with van der Waals surface area (Å²) in [7, 11) is 0. The standard InChI is InChI=1S/C15H14BrCl2NO/c1-2-20-14-6-4-9(7-11(14)16)15(19)10-3-5-12(17)13(18)8-10/h3-8,15H,2,19H2,1H3. The van der Waals surface area contributed by atoms with Gasteiger partial charge >= 0.3 is 0 Å². The molecule has 2 aromatic carbocycles. The van der Waals surface area contributed by atoms with Crippen molar-refractivity contribution in [2.75, 3.05) is 6.61 Å². The Kier molecular flexibility index (Phi) is 5.33. The van der Waals surface area contributed by atoms with Gasteiger partial charge in [0.2, 0.25) is 0 Å². The summed E-state index contributed by atoms with van der Waals surface area (Å²) in [6, 6.07) is 11.0. The van der Waals surface area contributed by atoms with Gasteiger partial charge in [0.05, 0.1) is 27.2 Å². The molecule has 0 aliphatic carbocycles. The van der Waals surface area contributed by atoms with E-state index in [0.29, 0.717) is 16.7 Å². The SMILES string of the molecule is CCOc1ccc(C(N)c2ccc(Cl)c(Cl)c2)cc1Br. The van der Waals surface area contributed by atoms with E-state index >= 15 is 0 Å². The molecule has 0 radical (unpaired) electrons. The first-order valence-electron chi connectivity index (χ1n) is 6.15. The van der Waals surface area contributed by atoms with Crippen LogP contribution in [0.4, 0.5) is 0 Å². The minimum absolute atomic E-state index is 0.267. The number of nitrogens with two attached hydrogens (primary N) is 1. The van der Waals surface area contributed by atoms with E-state index in [1.165, 1.54) is 0 Å². The van der Waals surface area contributed by atoms with Gasteiger partial charge in [0.1, 0.15) is 5.75 Å². The van der Waals surface area contributed by atoms with E-state index < -0.39 is 0 Å². The van der Waals surface area contributed by atoms with Crippen molar-refractivity contribution in [2.24, 2.45) is 5.73 Å². The highest BCUT2D eigenvalue weighted by atomic mass is 79.9. The summed E-state index contributed by atoms with van der Waals surface area (Å²) in [5.74, 6) is 0.803. The number of hydrogen-bond acceptors (Lipinski definition) is 2. The number of hydrogen-bond donors (Lipinski definition) is 1. The fourth-order valence-corrected chi connectivity index (χ4v) is 2.70. The van der Waals surface area contributed by atoms with Crippen molar-refractivity contribution in [3.63, 3.8) is 0 Å². The first kappa shape index (κ1) is 15.6. The lowest BCUT2D eigenvalue weighted by molar-refractivity contribution is 0.338. The van der Waals surface area contributed by atoms with E-state index in [4.69, 9.17) is 33.7 Å². The Balaban J connectivity index is 2.30. The Morgan fingerprint density at radius 3 is 2.35 bits per heavy atom. The van der Waals surface area contributed by atoms with Crippen molar-refractivity contribution in [3.8, 4) is 5.75 Å². The minimum atomic E-state index is -0.267. The maximum absolute atomic E-state index is 6.26. The van der Waals surface area contributed by atoms with E-state index in [-0.39, 0.29) is 6.04 Å². The van der Waals surface area contributed by atoms with Crippen LogP contribution in [0, 0.1) is 0 Å². The van der Waals surface area contributed by atoms with E-state index in [1.807, 2.05) is 31.2 Å². The third-order valence-corrected chi connectivity index (χ3v) is 4.28. The van der Waals surface area contributed by atoms with E-state index in [1.54, 1.807) is 12.1 Å². The van der Waals surface area contributed by atoms with Crippen LogP contribution >= 0.6 is 39.1 Å². The molecule has 0 fully saturated rings. The summed E-state index contributed by atoms with van der Waals surface area (Å²) < 4.78 is 6.37. The predicted molar refractivity (Wildman–Crippen MR) is 87.8 cm³/mol. The van der Waals surface area contributed by atoms with Crippen LogP contribution in [-0.4, -0.2) is 6.61 Å². The Morgan fingerprint density at radius 1 is 1.10 bits per heavy atom. The van der Waals surface area contributed by atoms with Crippen LogP contribution in [0.1, 0.15) is 24.1 Å². The third-order valence-electron chi connectivity index (χ3n) is 2.92. The Bertz CT molecular complexity index is 619. The van der Waals surface area contributed by atoms with Gasteiger partial charge in [-0.2, -0.15) is 0 Å². The van der Waals surface area contributed by atoms with Gasteiger partial charge in [-0.1, -0.05) is 35.3 Å². The predicted octanol–water partition coefficient (Wildman–Crippen LogP) is 5.20. The molecule has 0 aliphatic heterocycles. The number of halogens is 3. The van der Waals surface area contributed by atoms with Gasteiger partial charge in [-0.15, -0.1) is 0 Å². The third kappa shape index (κ3) is 3.47. The molecular weight excluding hydrogens is 361 g/mol. The van der Waals surface area contributed by atoms with Gasteiger partial charge in [0, 0.05) is 0 Å². The molecule has 0 aromatic heterocycles. The summed E-state index contributed by atoms with van der Waals surface area (Å²) in [4.78, 5) is 0. The van der Waals surface area contributed by atoms with Crippen LogP contribution in [0.2, 0.25) is 10.0 Å². The highest BCUT2D eigenvalue weighted by Crippen LogP contribution is 2.32. The van der Waals surface area contributed by atoms with Crippen LogP contribution in [0.15, 0.2) is 40.9 Å². The molecule has 0 saturated heterocycles. The molecule has 2 aromatic rings. The van der Waals surface area contributed by atoms with Crippen LogP contribution in [-0.2, 0) is 0 Å². The molecular formula is C15H14BrCl2NO. The van der Waals surface area contributed by atoms with E-state index in [9.17, 15) is 0 Å². The summed E-state index contributed by atoms with van der Waals surface area (Å²) in [6.45, 7) is 2.57. The van der Waals surface area contributed by atoms with Crippen molar-refractivity contribution >= 4 is 39.1 Å². The molecule has 0 aliphatic rings. The fraction of sp³-hybridized carbons (Fsp3) is 0.200. The first-order chi connectivity index (χ1) is 9.52. The molecule has 106 valence electrons. The summed E-state index contributed by atoms with van der Waals surface area (Å²) in [5.41, 5.74) is 8.15. The molecule has 1 unspecified atom stereocenters. The first-order valence-corrected chi connectivity index (χ1v) is 7.70. The molecule has 2 nitrogen and oxygen atoms in total. The molecule has 20 heavy (non-hydrogen) atoms. The molecule has 0 saturated carbocycles. The minimum Gasteiger partial charge on any atom is -0.493 e. The normalized spacial score (nSPS) is 12.2. The van der Waals surface area contributed by atoms with Crippen LogP contribution in [0.3, 0.4) is 0 Å². The lowest BCUT2D eigenvalue weighted by Gasteiger charge is -2.15. The van der Waals surface area contributed by atoms with Crippen molar-refractivity contribution in [3.05, 3.63) is 62.0 Å². The zero-order valence-corrected chi connectivity index (χ0v) is 14.0. The Morgan fingerprint density at radius 2 is 1.75 bits per heavy atom. The monoisotopic (exact) mass is 373 g/mol. The smallest absolute Gasteiger partial charge is 0.133 e. The van der Waals surface area contributed by atoms with Gasteiger partial charge in [-0.25, -0.2) is 0 Å². The summed E-state index contributed by atoms with van der Waals surface area (Å²) in [5, 5.41) is 1.03. The van der Waals surface area contributed by atoms with Crippen molar-refractivity contribution in [1.29, 1.82) is 0 Å². The average molecular weight is 375 g/mol. The lowest BCUT2D eigenvalue weighted by atomic mass is 10.00. The van der Waals surface area contributed by atoms with Crippen LogP contribution < -0.4 is 10.5 Å². The highest BCUT2D eigenvalue weighted by Gasteiger charge is 2.12. The molecule has 2 rings (SSSR count). The molecule has 0 bridgehead atoms. The van der Waals surface area contributed by atoms with Crippen molar-refractivity contribution in [1.82, 2.24) is 0 Å².